The highest BCUT2D eigenvalue weighted by molar-refractivity contribution is 7.81. The number of thiocarbonyl (C=S) groups is 1. The van der Waals surface area contributed by atoms with Crippen LogP contribution in [0.1, 0.15) is 11.1 Å². The van der Waals surface area contributed by atoms with Crippen molar-refractivity contribution in [1.29, 1.82) is 0 Å². The van der Waals surface area contributed by atoms with Crippen LogP contribution in [0, 0.1) is 22.9 Å². The average Bonchev–Trinajstić information content (AvgIpc) is 2.70. The van der Waals surface area contributed by atoms with E-state index in [1.807, 2.05) is 13.0 Å². The summed E-state index contributed by atoms with van der Waals surface area (Å²) in [5.74, 6) is -0.796. The number of aromatic nitrogens is 1. The number of rotatable bonds is 5. The van der Waals surface area contributed by atoms with Crippen molar-refractivity contribution in [2.45, 2.75) is 6.92 Å². The van der Waals surface area contributed by atoms with Gasteiger partial charge in [-0.25, -0.2) is 4.39 Å². The maximum absolute atomic E-state index is 13.2. The molecule has 2 aromatic carbocycles. The maximum Gasteiger partial charge on any atom is 0.269 e. The van der Waals surface area contributed by atoms with Gasteiger partial charge in [-0.2, -0.15) is 4.57 Å². The number of hydrogen-bond donors (Lipinski definition) is 1. The number of aryl methyl sites for hydroxylation is 1. The van der Waals surface area contributed by atoms with Crippen molar-refractivity contribution in [3.05, 3.63) is 100 Å². The Bertz CT molecular complexity index is 1100. The molecule has 29 heavy (non-hydrogen) atoms. The third-order valence-corrected chi connectivity index (χ3v) is 4.37. The van der Waals surface area contributed by atoms with E-state index in [1.54, 1.807) is 23.0 Å². The summed E-state index contributed by atoms with van der Waals surface area (Å²) in [5, 5.41) is 27.0. The minimum absolute atomic E-state index is 0.113. The van der Waals surface area contributed by atoms with Gasteiger partial charge in [0.25, 0.3) is 5.69 Å². The van der Waals surface area contributed by atoms with E-state index in [2.05, 4.69) is 5.32 Å². The molecule has 0 aliphatic heterocycles. The smallest absolute Gasteiger partial charge is 0.269 e. The van der Waals surface area contributed by atoms with E-state index < -0.39 is 10.7 Å². The minimum atomic E-state index is -0.533. The van der Waals surface area contributed by atoms with E-state index in [0.717, 1.165) is 5.56 Å². The van der Waals surface area contributed by atoms with Gasteiger partial charge in [0, 0.05) is 29.4 Å². The van der Waals surface area contributed by atoms with Gasteiger partial charge in [0.15, 0.2) is 17.4 Å². The molecule has 0 saturated heterocycles. The molecule has 0 aliphatic carbocycles. The fraction of sp³-hybridized carbons (Fsp3) is 0.0476. The Balaban J connectivity index is 2.06. The SMILES string of the molecule is Cc1ccc[n+](C(C(=S)Nc2ccc(F)cc2)=C([O-])c2ccc([N+](=O)[O-])cc2)c1. The van der Waals surface area contributed by atoms with Gasteiger partial charge >= 0.3 is 0 Å². The number of non-ortho nitro benzene ring substituents is 1. The van der Waals surface area contributed by atoms with Crippen LogP contribution in [0.3, 0.4) is 0 Å². The summed E-state index contributed by atoms with van der Waals surface area (Å²) in [6.45, 7) is 1.88. The van der Waals surface area contributed by atoms with Crippen LogP contribution in [0.4, 0.5) is 15.8 Å². The number of nitro benzene ring substituents is 1. The fourth-order valence-electron chi connectivity index (χ4n) is 2.66. The Morgan fingerprint density at radius 2 is 1.76 bits per heavy atom. The van der Waals surface area contributed by atoms with Gasteiger partial charge in [-0.15, -0.1) is 0 Å². The predicted octanol–water partition coefficient (Wildman–Crippen LogP) is 3.46. The lowest BCUT2D eigenvalue weighted by Crippen LogP contribution is -2.40. The Hall–Kier alpha value is -3.65. The average molecular weight is 409 g/mol. The summed E-state index contributed by atoms with van der Waals surface area (Å²) in [6, 6.07) is 14.5. The van der Waals surface area contributed by atoms with Crippen LogP contribution < -0.4 is 15.0 Å². The second-order valence-corrected chi connectivity index (χ2v) is 6.64. The first-order valence-corrected chi connectivity index (χ1v) is 8.97. The van der Waals surface area contributed by atoms with Crippen molar-refractivity contribution in [2.24, 2.45) is 0 Å². The normalized spacial score (nSPS) is 11.5. The molecule has 0 atom stereocenters. The largest absolute Gasteiger partial charge is 0.867 e. The summed E-state index contributed by atoms with van der Waals surface area (Å²) in [5.41, 5.74) is 1.74. The lowest BCUT2D eigenvalue weighted by molar-refractivity contribution is -0.578. The van der Waals surface area contributed by atoms with Gasteiger partial charge in [0.05, 0.1) is 4.92 Å². The molecule has 0 radical (unpaired) electrons. The van der Waals surface area contributed by atoms with Crippen molar-refractivity contribution >= 4 is 40.0 Å². The molecule has 1 N–H and O–H groups in total. The Morgan fingerprint density at radius 1 is 1.10 bits per heavy atom. The van der Waals surface area contributed by atoms with E-state index >= 15 is 0 Å². The number of anilines is 1. The number of benzene rings is 2. The molecule has 0 aliphatic rings. The fourth-order valence-corrected chi connectivity index (χ4v) is 2.98. The summed E-state index contributed by atoms with van der Waals surface area (Å²) in [7, 11) is 0. The van der Waals surface area contributed by atoms with Crippen molar-refractivity contribution in [3.8, 4) is 0 Å². The number of nitrogens with zero attached hydrogens (tertiary/aromatic N) is 2. The summed E-state index contributed by atoms with van der Waals surface area (Å²) in [4.78, 5) is 10.5. The molecule has 0 amide bonds. The first kappa shape index (κ1) is 20.1. The van der Waals surface area contributed by atoms with E-state index in [0.29, 0.717) is 5.69 Å². The van der Waals surface area contributed by atoms with Gasteiger partial charge in [-0.1, -0.05) is 12.2 Å². The Kier molecular flexibility index (Phi) is 5.94. The molecule has 0 fully saturated rings. The van der Waals surface area contributed by atoms with Gasteiger partial charge in [0.1, 0.15) is 5.82 Å². The number of nitrogens with one attached hydrogen (secondary N) is 1. The highest BCUT2D eigenvalue weighted by Crippen LogP contribution is 2.20. The Labute approximate surface area is 171 Å². The number of nitro groups is 1. The molecule has 146 valence electrons. The van der Waals surface area contributed by atoms with Gasteiger partial charge in [-0.05, 0) is 60.7 Å². The van der Waals surface area contributed by atoms with E-state index in [1.165, 1.54) is 48.5 Å². The summed E-state index contributed by atoms with van der Waals surface area (Å²) < 4.78 is 14.8. The van der Waals surface area contributed by atoms with Crippen LogP contribution in [0.15, 0.2) is 73.1 Å². The van der Waals surface area contributed by atoms with Crippen LogP contribution >= 0.6 is 12.2 Å². The molecule has 8 heteroatoms. The van der Waals surface area contributed by atoms with E-state index in [-0.39, 0.29) is 27.8 Å². The molecule has 0 unspecified atom stereocenters. The first-order chi connectivity index (χ1) is 13.8. The maximum atomic E-state index is 13.2. The van der Waals surface area contributed by atoms with Gasteiger partial charge in [-0.3, -0.25) is 10.1 Å². The van der Waals surface area contributed by atoms with Crippen LogP contribution in [0.5, 0.6) is 0 Å². The highest BCUT2D eigenvalue weighted by Gasteiger charge is 2.19. The highest BCUT2D eigenvalue weighted by atomic mass is 32.1. The molecule has 3 aromatic rings. The van der Waals surface area contributed by atoms with E-state index in [4.69, 9.17) is 12.2 Å². The molecule has 6 nitrogen and oxygen atoms in total. The zero-order valence-electron chi connectivity index (χ0n) is 15.3. The number of halogens is 1. The van der Waals surface area contributed by atoms with Crippen LogP contribution in [0.2, 0.25) is 0 Å². The van der Waals surface area contributed by atoms with Crippen molar-refractivity contribution < 1.29 is 19.0 Å². The van der Waals surface area contributed by atoms with E-state index in [9.17, 15) is 19.6 Å². The molecule has 3 rings (SSSR count). The predicted molar refractivity (Wildman–Crippen MR) is 110 cm³/mol. The molecule has 0 bridgehead atoms. The van der Waals surface area contributed by atoms with Crippen molar-refractivity contribution in [2.75, 3.05) is 5.32 Å². The molecular formula is C21H16FN3O3S. The van der Waals surface area contributed by atoms with Crippen LogP contribution in [-0.2, 0) is 0 Å². The summed E-state index contributed by atoms with van der Waals surface area (Å²) in [6.07, 6.45) is 3.43. The molecular weight excluding hydrogens is 393 g/mol. The first-order valence-electron chi connectivity index (χ1n) is 8.56. The molecule has 0 spiro atoms. The Morgan fingerprint density at radius 3 is 2.34 bits per heavy atom. The molecule has 0 saturated carbocycles. The van der Waals surface area contributed by atoms with Crippen LogP contribution in [0.25, 0.3) is 11.5 Å². The monoisotopic (exact) mass is 409 g/mol. The standard InChI is InChI=1S/C21H16FN3O3S/c1-14-3-2-12-24(13-14)19(21(29)23-17-8-6-16(22)7-9-17)20(26)15-4-10-18(11-5-15)25(27)28/h2-13H,1H3,(H-,23,26,29). The third kappa shape index (κ3) is 4.80. The quantitative estimate of drug-likeness (QED) is 0.174. The zero-order chi connectivity index (χ0) is 21.0. The minimum Gasteiger partial charge on any atom is -0.867 e. The van der Waals surface area contributed by atoms with Crippen molar-refractivity contribution in [3.63, 3.8) is 0 Å². The van der Waals surface area contributed by atoms with Gasteiger partial charge in [0.2, 0.25) is 5.70 Å². The van der Waals surface area contributed by atoms with Gasteiger partial charge < -0.3 is 10.4 Å². The lowest BCUT2D eigenvalue weighted by atomic mass is 10.1. The molecule has 1 heterocycles. The van der Waals surface area contributed by atoms with Crippen molar-refractivity contribution in [1.82, 2.24) is 0 Å². The zero-order valence-corrected chi connectivity index (χ0v) is 16.2. The topological polar surface area (TPSA) is 82.1 Å². The lowest BCUT2D eigenvalue weighted by Gasteiger charge is -2.17. The molecule has 1 aromatic heterocycles. The second kappa shape index (κ2) is 8.57. The summed E-state index contributed by atoms with van der Waals surface area (Å²) >= 11 is 5.47. The third-order valence-electron chi connectivity index (χ3n) is 4.08. The number of hydrogen-bond acceptors (Lipinski definition) is 4. The number of pyridine rings is 1. The van der Waals surface area contributed by atoms with Crippen LogP contribution in [-0.4, -0.2) is 9.91 Å². The second-order valence-electron chi connectivity index (χ2n) is 6.23.